The largest absolute Gasteiger partial charge is 0.444 e. The molecule has 1 fully saturated rings. The molecule has 4 atom stereocenters. The molecule has 2 N–H and O–H groups in total. The second-order valence-electron chi connectivity index (χ2n) is 7.03. The molecule has 0 saturated carbocycles. The zero-order valence-corrected chi connectivity index (χ0v) is 14.6. The maximum atomic E-state index is 12.7. The van der Waals surface area contributed by atoms with Gasteiger partial charge in [-0.1, -0.05) is 27.2 Å². The van der Waals surface area contributed by atoms with Crippen molar-refractivity contribution in [3.05, 3.63) is 0 Å². The molecule has 7 nitrogen and oxygen atoms in total. The lowest BCUT2D eigenvalue weighted by Crippen LogP contribution is -2.50. The fraction of sp³-hybridized carbons (Fsp3) is 0.750. The summed E-state index contributed by atoms with van der Waals surface area (Å²) in [5.74, 6) is -3.52. The van der Waals surface area contributed by atoms with Gasteiger partial charge in [0.2, 0.25) is 11.8 Å². The molecule has 0 aromatic rings. The quantitative estimate of drug-likeness (QED) is 0.587. The van der Waals surface area contributed by atoms with Crippen LogP contribution in [0.5, 0.6) is 0 Å². The second-order valence-corrected chi connectivity index (χ2v) is 7.03. The Hall–Kier alpha value is -1.92. The summed E-state index contributed by atoms with van der Waals surface area (Å²) in [6, 6.07) is -0.876. The van der Waals surface area contributed by atoms with Crippen LogP contribution in [0, 0.1) is 17.8 Å². The highest BCUT2D eigenvalue weighted by Gasteiger charge is 2.46. The summed E-state index contributed by atoms with van der Waals surface area (Å²) >= 11 is 0. The number of carbonyl (C=O) groups is 4. The van der Waals surface area contributed by atoms with Gasteiger partial charge >= 0.3 is 6.09 Å². The molecule has 7 heteroatoms. The van der Waals surface area contributed by atoms with Crippen LogP contribution in [-0.2, 0) is 19.1 Å². The predicted octanol–water partition coefficient (Wildman–Crippen LogP) is 1.40. The Morgan fingerprint density at radius 2 is 1.83 bits per heavy atom. The zero-order chi connectivity index (χ0) is 17.9. The number of rotatable bonds is 5. The number of nitrogens with one attached hydrogen (secondary N) is 2. The van der Waals surface area contributed by atoms with E-state index in [2.05, 4.69) is 10.6 Å². The first-order chi connectivity index (χ1) is 10.5. The third-order valence-corrected chi connectivity index (χ3v) is 3.94. The van der Waals surface area contributed by atoms with Crippen molar-refractivity contribution in [3.8, 4) is 0 Å². The number of ether oxygens (including phenoxy) is 1. The summed E-state index contributed by atoms with van der Waals surface area (Å²) in [5, 5.41) is 4.71. The Morgan fingerprint density at radius 1 is 1.26 bits per heavy atom. The van der Waals surface area contributed by atoms with Gasteiger partial charge in [-0.25, -0.2) is 4.79 Å². The summed E-state index contributed by atoms with van der Waals surface area (Å²) in [7, 11) is 0. The molecule has 1 aliphatic rings. The Bertz CT molecular complexity index is 509. The van der Waals surface area contributed by atoms with Crippen molar-refractivity contribution in [1.82, 2.24) is 10.6 Å². The molecule has 0 unspecified atom stereocenters. The molecule has 130 valence electrons. The van der Waals surface area contributed by atoms with E-state index in [1.807, 2.05) is 6.92 Å². The molecule has 1 aliphatic heterocycles. The molecule has 1 heterocycles. The van der Waals surface area contributed by atoms with Crippen molar-refractivity contribution in [2.24, 2.45) is 17.8 Å². The van der Waals surface area contributed by atoms with Crippen molar-refractivity contribution in [2.45, 2.75) is 59.6 Å². The van der Waals surface area contributed by atoms with Crippen LogP contribution in [0.15, 0.2) is 0 Å². The Kier molecular flexibility index (Phi) is 5.91. The van der Waals surface area contributed by atoms with Gasteiger partial charge in [0.25, 0.3) is 0 Å². The monoisotopic (exact) mass is 326 g/mol. The van der Waals surface area contributed by atoms with Gasteiger partial charge < -0.3 is 10.1 Å². The van der Waals surface area contributed by atoms with Gasteiger partial charge in [-0.05, 0) is 26.7 Å². The molecule has 23 heavy (non-hydrogen) atoms. The molecule has 0 aromatic heterocycles. The average molecular weight is 326 g/mol. The van der Waals surface area contributed by atoms with Crippen LogP contribution >= 0.6 is 0 Å². The SMILES string of the molecule is CC[C@@H](C)[C@H](NC(=O)OC(C)(C)C)C(=O)[C@@H]1C(=O)NC(=O)[C@H]1C. The van der Waals surface area contributed by atoms with E-state index in [9.17, 15) is 19.2 Å². The lowest BCUT2D eigenvalue weighted by atomic mass is 9.83. The fourth-order valence-electron chi connectivity index (χ4n) is 2.42. The molecule has 0 aliphatic carbocycles. The zero-order valence-electron chi connectivity index (χ0n) is 14.6. The lowest BCUT2D eigenvalue weighted by molar-refractivity contribution is -0.135. The van der Waals surface area contributed by atoms with E-state index in [1.54, 1.807) is 27.7 Å². The Labute approximate surface area is 136 Å². The number of carbonyl (C=O) groups excluding carboxylic acids is 4. The molecule has 0 spiro atoms. The first kappa shape index (κ1) is 19.1. The van der Waals surface area contributed by atoms with Gasteiger partial charge in [0.05, 0.1) is 12.0 Å². The summed E-state index contributed by atoms with van der Waals surface area (Å²) in [5.41, 5.74) is -0.693. The summed E-state index contributed by atoms with van der Waals surface area (Å²) in [6.45, 7) is 10.4. The molecule has 1 saturated heterocycles. The van der Waals surface area contributed by atoms with Gasteiger partial charge in [0, 0.05) is 0 Å². The van der Waals surface area contributed by atoms with Crippen molar-refractivity contribution in [2.75, 3.05) is 0 Å². The number of ketones is 1. The molecule has 0 radical (unpaired) electrons. The predicted molar refractivity (Wildman–Crippen MR) is 83.4 cm³/mol. The van der Waals surface area contributed by atoms with Gasteiger partial charge in [-0.2, -0.15) is 0 Å². The van der Waals surface area contributed by atoms with Gasteiger partial charge in [0.1, 0.15) is 11.5 Å². The van der Waals surface area contributed by atoms with E-state index in [1.165, 1.54) is 6.92 Å². The highest BCUT2D eigenvalue weighted by atomic mass is 16.6. The minimum Gasteiger partial charge on any atom is -0.444 e. The molecule has 3 amide bonds. The topological polar surface area (TPSA) is 102 Å². The minimum absolute atomic E-state index is 0.189. The van der Waals surface area contributed by atoms with Crippen molar-refractivity contribution >= 4 is 23.7 Å². The van der Waals surface area contributed by atoms with Crippen LogP contribution in [-0.4, -0.2) is 35.3 Å². The molecule has 0 aromatic carbocycles. The number of alkyl carbamates (subject to hydrolysis) is 1. The average Bonchev–Trinajstić information content (AvgIpc) is 2.66. The van der Waals surface area contributed by atoms with Crippen molar-refractivity contribution in [1.29, 1.82) is 0 Å². The van der Waals surface area contributed by atoms with Crippen molar-refractivity contribution < 1.29 is 23.9 Å². The van der Waals surface area contributed by atoms with Crippen molar-refractivity contribution in [3.63, 3.8) is 0 Å². The second kappa shape index (κ2) is 7.10. The van der Waals surface area contributed by atoms with Gasteiger partial charge in [0.15, 0.2) is 5.78 Å². The standard InChI is InChI=1S/C16H26N2O5/c1-7-8(2)11(17-15(22)23-16(4,5)6)12(19)10-9(3)13(20)18-14(10)21/h8-11H,7H2,1-6H3,(H,17,22)(H,18,20,21)/t8-,9+,10-,11+/m1/s1. The van der Waals surface area contributed by atoms with E-state index < -0.39 is 47.2 Å². The maximum absolute atomic E-state index is 12.7. The summed E-state index contributed by atoms with van der Waals surface area (Å²) in [4.78, 5) is 48.2. The third kappa shape index (κ3) is 4.77. The first-order valence-corrected chi connectivity index (χ1v) is 7.85. The third-order valence-electron chi connectivity index (χ3n) is 3.94. The highest BCUT2D eigenvalue weighted by Crippen LogP contribution is 2.24. The lowest BCUT2D eigenvalue weighted by Gasteiger charge is -2.27. The van der Waals surface area contributed by atoms with E-state index >= 15 is 0 Å². The molecule has 1 rings (SSSR count). The number of hydrogen-bond donors (Lipinski definition) is 2. The van der Waals surface area contributed by atoms with Crippen LogP contribution < -0.4 is 10.6 Å². The van der Waals surface area contributed by atoms with Crippen LogP contribution in [0.3, 0.4) is 0 Å². The number of Topliss-reactive ketones (excluding diaryl/α,β-unsaturated/α-hetero) is 1. The number of amides is 3. The summed E-state index contributed by atoms with van der Waals surface area (Å²) < 4.78 is 5.18. The maximum Gasteiger partial charge on any atom is 0.408 e. The van der Waals surface area contributed by atoms with Crippen LogP contribution in [0.4, 0.5) is 4.79 Å². The highest BCUT2D eigenvalue weighted by molar-refractivity contribution is 6.16. The van der Waals surface area contributed by atoms with E-state index in [0.717, 1.165) is 0 Å². The smallest absolute Gasteiger partial charge is 0.408 e. The van der Waals surface area contributed by atoms with E-state index in [4.69, 9.17) is 4.74 Å². The molecular formula is C16H26N2O5. The van der Waals surface area contributed by atoms with E-state index in [-0.39, 0.29) is 5.92 Å². The normalized spacial score (nSPS) is 23.9. The fourth-order valence-corrected chi connectivity index (χ4v) is 2.42. The minimum atomic E-state index is -1.07. The van der Waals surface area contributed by atoms with Crippen LogP contribution in [0.2, 0.25) is 0 Å². The summed E-state index contributed by atoms with van der Waals surface area (Å²) in [6.07, 6.45) is -0.0865. The molecular weight excluding hydrogens is 300 g/mol. The number of hydrogen-bond acceptors (Lipinski definition) is 5. The van der Waals surface area contributed by atoms with Crippen LogP contribution in [0.1, 0.15) is 48.0 Å². The Balaban J connectivity index is 2.94. The first-order valence-electron chi connectivity index (χ1n) is 7.85. The van der Waals surface area contributed by atoms with Gasteiger partial charge in [-0.3, -0.25) is 19.7 Å². The van der Waals surface area contributed by atoms with Crippen LogP contribution in [0.25, 0.3) is 0 Å². The number of imide groups is 1. The molecule has 0 bridgehead atoms. The van der Waals surface area contributed by atoms with E-state index in [0.29, 0.717) is 6.42 Å². The van der Waals surface area contributed by atoms with Gasteiger partial charge in [-0.15, -0.1) is 0 Å². The Morgan fingerprint density at radius 3 is 2.22 bits per heavy atom.